The van der Waals surface area contributed by atoms with Crippen LogP contribution in [0.15, 0.2) is 24.3 Å². The Morgan fingerprint density at radius 3 is 2.04 bits per heavy atom. The Hall–Kier alpha value is -1.29. The van der Waals surface area contributed by atoms with Crippen LogP contribution < -0.4 is 0 Å². The third kappa shape index (κ3) is 4.37. The Labute approximate surface area is 142 Å². The van der Waals surface area contributed by atoms with Crippen LogP contribution in [-0.2, 0) is 4.43 Å². The van der Waals surface area contributed by atoms with E-state index in [0.717, 1.165) is 6.04 Å². The SMILES string of the molecule is CC(C)C[Si](OC(=O)c1cccc(O)c1)(C(C)(C)C)C(C)(C)C. The van der Waals surface area contributed by atoms with Gasteiger partial charge in [0, 0.05) is 0 Å². The number of hydrogen-bond acceptors (Lipinski definition) is 3. The molecule has 1 aromatic carbocycles. The maximum atomic E-state index is 12.8. The Morgan fingerprint density at radius 1 is 1.13 bits per heavy atom. The molecule has 0 radical (unpaired) electrons. The van der Waals surface area contributed by atoms with Crippen molar-refractivity contribution in [3.8, 4) is 5.75 Å². The first-order chi connectivity index (χ1) is 10.3. The number of rotatable bonds is 4. The molecular formula is C19H32O3Si. The van der Waals surface area contributed by atoms with Crippen molar-refractivity contribution in [1.82, 2.24) is 0 Å². The van der Waals surface area contributed by atoms with Crippen LogP contribution >= 0.6 is 0 Å². The molecule has 0 aliphatic rings. The minimum absolute atomic E-state index is 0.0813. The van der Waals surface area contributed by atoms with Gasteiger partial charge in [0.2, 0.25) is 0 Å². The van der Waals surface area contributed by atoms with Gasteiger partial charge in [0.05, 0.1) is 5.56 Å². The minimum Gasteiger partial charge on any atom is -0.514 e. The molecule has 0 fully saturated rings. The molecule has 130 valence electrons. The van der Waals surface area contributed by atoms with Crippen LogP contribution in [0.2, 0.25) is 16.1 Å². The van der Waals surface area contributed by atoms with Crippen LogP contribution in [0.25, 0.3) is 0 Å². The van der Waals surface area contributed by atoms with Gasteiger partial charge in [-0.2, -0.15) is 0 Å². The van der Waals surface area contributed by atoms with Crippen LogP contribution in [-0.4, -0.2) is 19.4 Å². The molecule has 0 saturated heterocycles. The van der Waals surface area contributed by atoms with Gasteiger partial charge in [-0.1, -0.05) is 61.5 Å². The largest absolute Gasteiger partial charge is 0.514 e. The van der Waals surface area contributed by atoms with Gasteiger partial charge in [-0.3, -0.25) is 0 Å². The molecule has 0 spiro atoms. The summed E-state index contributed by atoms with van der Waals surface area (Å²) in [5.74, 6) is 0.220. The molecule has 0 saturated carbocycles. The predicted molar refractivity (Wildman–Crippen MR) is 98.4 cm³/mol. The summed E-state index contributed by atoms with van der Waals surface area (Å²) in [6, 6.07) is 7.32. The molecule has 0 heterocycles. The van der Waals surface area contributed by atoms with E-state index >= 15 is 0 Å². The summed E-state index contributed by atoms with van der Waals surface area (Å²) >= 11 is 0. The molecule has 1 rings (SSSR count). The van der Waals surface area contributed by atoms with E-state index in [1.54, 1.807) is 18.2 Å². The van der Waals surface area contributed by atoms with E-state index in [-0.39, 0.29) is 21.8 Å². The lowest BCUT2D eigenvalue weighted by molar-refractivity contribution is 0.0691. The van der Waals surface area contributed by atoms with Crippen LogP contribution in [0.1, 0.15) is 65.7 Å². The zero-order valence-electron chi connectivity index (χ0n) is 15.9. The van der Waals surface area contributed by atoms with E-state index in [0.29, 0.717) is 11.5 Å². The fourth-order valence-corrected chi connectivity index (χ4v) is 9.26. The quantitative estimate of drug-likeness (QED) is 0.712. The van der Waals surface area contributed by atoms with Gasteiger partial charge in [-0.25, -0.2) is 4.79 Å². The first kappa shape index (κ1) is 19.8. The lowest BCUT2D eigenvalue weighted by atomic mass is 10.2. The van der Waals surface area contributed by atoms with Gasteiger partial charge < -0.3 is 9.53 Å². The number of phenolic OH excluding ortho intramolecular Hbond substituents is 1. The summed E-state index contributed by atoms with van der Waals surface area (Å²) in [5.41, 5.74) is 0.416. The van der Waals surface area contributed by atoms with Crippen molar-refractivity contribution in [1.29, 1.82) is 0 Å². The van der Waals surface area contributed by atoms with E-state index in [9.17, 15) is 9.90 Å². The topological polar surface area (TPSA) is 46.5 Å². The molecule has 1 aromatic rings. The lowest BCUT2D eigenvalue weighted by Crippen LogP contribution is -2.56. The molecule has 0 aliphatic carbocycles. The van der Waals surface area contributed by atoms with Gasteiger partial charge in [0.25, 0.3) is 8.32 Å². The third-order valence-electron chi connectivity index (χ3n) is 4.47. The molecule has 0 unspecified atom stereocenters. The van der Waals surface area contributed by atoms with Gasteiger partial charge in [-0.15, -0.1) is 0 Å². The summed E-state index contributed by atoms with van der Waals surface area (Å²) in [6.45, 7) is 17.5. The summed E-state index contributed by atoms with van der Waals surface area (Å²) in [6.07, 6.45) is 0. The number of aromatic hydroxyl groups is 1. The van der Waals surface area contributed by atoms with E-state index in [1.165, 1.54) is 6.07 Å². The highest BCUT2D eigenvalue weighted by atomic mass is 28.4. The molecule has 0 aromatic heterocycles. The van der Waals surface area contributed by atoms with E-state index in [1.807, 2.05) is 0 Å². The highest BCUT2D eigenvalue weighted by molar-refractivity contribution is 6.80. The summed E-state index contributed by atoms with van der Waals surface area (Å²) in [5, 5.41) is 9.47. The fourth-order valence-electron chi connectivity index (χ4n) is 3.51. The van der Waals surface area contributed by atoms with Gasteiger partial charge in [0.15, 0.2) is 0 Å². The van der Waals surface area contributed by atoms with E-state index < -0.39 is 8.32 Å². The lowest BCUT2D eigenvalue weighted by Gasteiger charge is -2.50. The number of carbonyl (C=O) groups excluding carboxylic acids is 1. The summed E-state index contributed by atoms with van der Waals surface area (Å²) in [4.78, 5) is 12.8. The van der Waals surface area contributed by atoms with Crippen molar-refractivity contribution in [2.45, 2.75) is 71.5 Å². The molecule has 0 aliphatic heterocycles. The van der Waals surface area contributed by atoms with Crippen LogP contribution in [0.3, 0.4) is 0 Å². The molecule has 4 heteroatoms. The van der Waals surface area contributed by atoms with Crippen molar-refractivity contribution >= 4 is 14.3 Å². The highest BCUT2D eigenvalue weighted by Gasteiger charge is 2.57. The smallest absolute Gasteiger partial charge is 0.324 e. The van der Waals surface area contributed by atoms with Crippen molar-refractivity contribution < 1.29 is 14.3 Å². The van der Waals surface area contributed by atoms with Crippen LogP contribution in [0.4, 0.5) is 0 Å². The highest BCUT2D eigenvalue weighted by Crippen LogP contribution is 2.55. The molecule has 1 N–H and O–H groups in total. The molecule has 0 bridgehead atoms. The first-order valence-electron chi connectivity index (χ1n) is 8.32. The second-order valence-electron chi connectivity index (χ2n) is 8.86. The fraction of sp³-hybridized carbons (Fsp3) is 0.632. The van der Waals surface area contributed by atoms with Gasteiger partial charge in [0.1, 0.15) is 5.75 Å². The van der Waals surface area contributed by atoms with Gasteiger partial charge >= 0.3 is 5.97 Å². The standard InChI is InChI=1S/C19H32O3Si/c1-14(2)13-23(18(3,4)5,19(6,7)8)22-17(21)15-10-9-11-16(20)12-15/h9-12,14,20H,13H2,1-8H3. The van der Waals surface area contributed by atoms with E-state index in [4.69, 9.17) is 4.43 Å². The maximum Gasteiger partial charge on any atom is 0.324 e. The average Bonchev–Trinajstić information content (AvgIpc) is 2.34. The molecular weight excluding hydrogens is 304 g/mol. The Morgan fingerprint density at radius 2 is 1.65 bits per heavy atom. The Balaban J connectivity index is 3.32. The molecule has 0 atom stereocenters. The zero-order valence-corrected chi connectivity index (χ0v) is 16.9. The molecule has 0 amide bonds. The summed E-state index contributed by atoms with van der Waals surface area (Å²) in [7, 11) is -2.46. The summed E-state index contributed by atoms with van der Waals surface area (Å²) < 4.78 is 6.31. The van der Waals surface area contributed by atoms with Crippen molar-refractivity contribution in [2.75, 3.05) is 0 Å². The van der Waals surface area contributed by atoms with Gasteiger partial charge in [-0.05, 0) is 40.2 Å². The Bertz CT molecular complexity index is 536. The van der Waals surface area contributed by atoms with E-state index in [2.05, 4.69) is 55.4 Å². The number of carbonyl (C=O) groups is 1. The average molecular weight is 337 g/mol. The molecule has 23 heavy (non-hydrogen) atoms. The number of hydrogen-bond donors (Lipinski definition) is 1. The predicted octanol–water partition coefficient (Wildman–Crippen LogP) is 5.75. The monoisotopic (exact) mass is 336 g/mol. The second kappa shape index (κ2) is 6.68. The Kier molecular flexibility index (Phi) is 5.73. The minimum atomic E-state index is -2.46. The van der Waals surface area contributed by atoms with Crippen molar-refractivity contribution in [3.63, 3.8) is 0 Å². The van der Waals surface area contributed by atoms with Crippen molar-refractivity contribution in [3.05, 3.63) is 29.8 Å². The maximum absolute atomic E-state index is 12.8. The van der Waals surface area contributed by atoms with Crippen LogP contribution in [0, 0.1) is 5.92 Å². The normalized spacial score (nSPS) is 13.3. The number of benzene rings is 1. The second-order valence-corrected chi connectivity index (χ2v) is 14.1. The third-order valence-corrected chi connectivity index (χ3v) is 11.2. The van der Waals surface area contributed by atoms with Crippen molar-refractivity contribution in [2.24, 2.45) is 5.92 Å². The molecule has 3 nitrogen and oxygen atoms in total. The van der Waals surface area contributed by atoms with Crippen LogP contribution in [0.5, 0.6) is 5.75 Å². The zero-order chi connectivity index (χ0) is 18.1. The number of phenols is 1. The first-order valence-corrected chi connectivity index (χ1v) is 10.4.